The Bertz CT molecular complexity index is 418. The average Bonchev–Trinajstić information content (AvgIpc) is 2.31. The van der Waals surface area contributed by atoms with Crippen molar-refractivity contribution in [3.8, 4) is 0 Å². The van der Waals surface area contributed by atoms with E-state index in [0.29, 0.717) is 13.0 Å². The molecular formula is C13H18N2O3. The Morgan fingerprint density at radius 2 is 2.00 bits per heavy atom. The van der Waals surface area contributed by atoms with E-state index in [1.807, 2.05) is 31.2 Å². The van der Waals surface area contributed by atoms with Crippen molar-refractivity contribution >= 4 is 17.6 Å². The summed E-state index contributed by atoms with van der Waals surface area (Å²) in [5.74, 6) is -0.944. The number of anilines is 1. The number of para-hydroxylation sites is 1. The van der Waals surface area contributed by atoms with Gasteiger partial charge in [0.2, 0.25) is 5.91 Å². The molecule has 0 aliphatic heterocycles. The topological polar surface area (TPSA) is 78.4 Å². The fourth-order valence-electron chi connectivity index (χ4n) is 1.47. The van der Waals surface area contributed by atoms with Crippen LogP contribution in [0.5, 0.6) is 0 Å². The molecule has 5 heteroatoms. The molecule has 0 fully saturated rings. The molecule has 18 heavy (non-hydrogen) atoms. The first kappa shape index (κ1) is 14.2. The molecule has 0 saturated carbocycles. The van der Waals surface area contributed by atoms with Gasteiger partial charge in [-0.15, -0.1) is 0 Å². The van der Waals surface area contributed by atoms with Crippen LogP contribution in [0.25, 0.3) is 0 Å². The number of hydrogen-bond donors (Lipinski definition) is 3. The van der Waals surface area contributed by atoms with Gasteiger partial charge >= 0.3 is 5.97 Å². The van der Waals surface area contributed by atoms with Crippen LogP contribution >= 0.6 is 0 Å². The van der Waals surface area contributed by atoms with Crippen molar-refractivity contribution in [2.45, 2.75) is 19.8 Å². The third kappa shape index (κ3) is 5.45. The van der Waals surface area contributed by atoms with Crippen LogP contribution in [0.15, 0.2) is 24.3 Å². The molecule has 0 heterocycles. The van der Waals surface area contributed by atoms with Crippen molar-refractivity contribution in [2.75, 3.05) is 18.4 Å². The Hall–Kier alpha value is -1.88. The van der Waals surface area contributed by atoms with Crippen molar-refractivity contribution in [1.29, 1.82) is 0 Å². The Balaban J connectivity index is 2.22. The molecule has 0 aliphatic rings. The third-order valence-corrected chi connectivity index (χ3v) is 2.45. The lowest BCUT2D eigenvalue weighted by atomic mass is 10.2. The molecule has 5 nitrogen and oxygen atoms in total. The quantitative estimate of drug-likeness (QED) is 0.639. The first-order valence-corrected chi connectivity index (χ1v) is 5.87. The second-order valence-electron chi connectivity index (χ2n) is 4.04. The first-order valence-electron chi connectivity index (χ1n) is 5.87. The smallest absolute Gasteiger partial charge is 0.303 e. The van der Waals surface area contributed by atoms with Gasteiger partial charge in [0.15, 0.2) is 0 Å². The number of amides is 1. The normalized spacial score (nSPS) is 10.1. The molecule has 98 valence electrons. The predicted molar refractivity (Wildman–Crippen MR) is 69.5 cm³/mol. The zero-order valence-electron chi connectivity index (χ0n) is 10.4. The second kappa shape index (κ2) is 7.45. The third-order valence-electron chi connectivity index (χ3n) is 2.45. The number of aliphatic carboxylic acids is 1. The summed E-state index contributed by atoms with van der Waals surface area (Å²) in [6, 6.07) is 7.55. The highest BCUT2D eigenvalue weighted by atomic mass is 16.4. The van der Waals surface area contributed by atoms with Crippen molar-refractivity contribution in [3.63, 3.8) is 0 Å². The van der Waals surface area contributed by atoms with Crippen LogP contribution < -0.4 is 10.6 Å². The van der Waals surface area contributed by atoms with Gasteiger partial charge in [-0.25, -0.2) is 0 Å². The zero-order chi connectivity index (χ0) is 13.4. The van der Waals surface area contributed by atoms with E-state index in [-0.39, 0.29) is 18.9 Å². The van der Waals surface area contributed by atoms with Gasteiger partial charge in [-0.1, -0.05) is 18.2 Å². The van der Waals surface area contributed by atoms with Crippen LogP contribution in [0.2, 0.25) is 0 Å². The lowest BCUT2D eigenvalue weighted by Crippen LogP contribution is -2.29. The average molecular weight is 250 g/mol. The lowest BCUT2D eigenvalue weighted by Gasteiger charge is -2.08. The lowest BCUT2D eigenvalue weighted by molar-refractivity contribution is -0.137. The van der Waals surface area contributed by atoms with Gasteiger partial charge in [0.1, 0.15) is 0 Å². The maximum absolute atomic E-state index is 11.6. The van der Waals surface area contributed by atoms with Gasteiger partial charge in [0, 0.05) is 12.1 Å². The number of carboxylic acid groups (broad SMARTS) is 1. The molecule has 1 amide bonds. The van der Waals surface area contributed by atoms with Gasteiger partial charge in [0.05, 0.1) is 6.54 Å². The molecule has 1 rings (SSSR count). The highest BCUT2D eigenvalue weighted by Crippen LogP contribution is 2.12. The van der Waals surface area contributed by atoms with E-state index in [1.54, 1.807) is 0 Å². The molecule has 3 N–H and O–H groups in total. The summed E-state index contributed by atoms with van der Waals surface area (Å²) in [6.07, 6.45) is 0.638. The second-order valence-corrected chi connectivity index (χ2v) is 4.04. The first-order chi connectivity index (χ1) is 8.59. The summed E-state index contributed by atoms with van der Waals surface area (Å²) < 4.78 is 0. The summed E-state index contributed by atoms with van der Waals surface area (Å²) in [6.45, 7) is 2.64. The number of aryl methyl sites for hydroxylation is 1. The van der Waals surface area contributed by atoms with Crippen LogP contribution in [0.4, 0.5) is 5.69 Å². The molecule has 0 spiro atoms. The highest BCUT2D eigenvalue weighted by molar-refractivity contribution is 5.92. The molecule has 0 atom stereocenters. The minimum atomic E-state index is -0.818. The minimum Gasteiger partial charge on any atom is -0.481 e. The standard InChI is InChI=1S/C13H18N2O3/c1-10-5-2-3-6-11(10)15-12(16)9-14-8-4-7-13(17)18/h2-3,5-6,14H,4,7-9H2,1H3,(H,15,16)(H,17,18). The Morgan fingerprint density at radius 1 is 1.28 bits per heavy atom. The van der Waals surface area contributed by atoms with Gasteiger partial charge in [-0.2, -0.15) is 0 Å². The van der Waals surface area contributed by atoms with Crippen molar-refractivity contribution in [2.24, 2.45) is 0 Å². The molecule has 1 aromatic carbocycles. The molecule has 0 aliphatic carbocycles. The molecule has 0 aromatic heterocycles. The van der Waals surface area contributed by atoms with E-state index in [2.05, 4.69) is 10.6 Å². The number of nitrogens with one attached hydrogen (secondary N) is 2. The monoisotopic (exact) mass is 250 g/mol. The van der Waals surface area contributed by atoms with Crippen molar-refractivity contribution in [3.05, 3.63) is 29.8 Å². The number of benzene rings is 1. The minimum absolute atomic E-state index is 0.117. The maximum atomic E-state index is 11.6. The number of rotatable bonds is 7. The van der Waals surface area contributed by atoms with Gasteiger partial charge in [-0.3, -0.25) is 9.59 Å². The molecule has 0 saturated heterocycles. The molecule has 0 bridgehead atoms. The summed E-state index contributed by atoms with van der Waals surface area (Å²) in [4.78, 5) is 21.8. The SMILES string of the molecule is Cc1ccccc1NC(=O)CNCCCC(=O)O. The summed E-state index contributed by atoms with van der Waals surface area (Å²) in [5.41, 5.74) is 1.81. The number of hydrogen-bond acceptors (Lipinski definition) is 3. The Labute approximate surface area is 106 Å². The Kier molecular flexibility index (Phi) is 5.87. The largest absolute Gasteiger partial charge is 0.481 e. The summed E-state index contributed by atoms with van der Waals surface area (Å²) in [5, 5.41) is 14.1. The van der Waals surface area contributed by atoms with Crippen LogP contribution in [0, 0.1) is 6.92 Å². The van der Waals surface area contributed by atoms with Crippen LogP contribution in [0.1, 0.15) is 18.4 Å². The van der Waals surface area contributed by atoms with Crippen LogP contribution in [-0.2, 0) is 9.59 Å². The highest BCUT2D eigenvalue weighted by Gasteiger charge is 2.03. The van der Waals surface area contributed by atoms with E-state index in [0.717, 1.165) is 11.3 Å². The number of carbonyl (C=O) groups excluding carboxylic acids is 1. The van der Waals surface area contributed by atoms with Crippen molar-refractivity contribution < 1.29 is 14.7 Å². The maximum Gasteiger partial charge on any atom is 0.303 e. The van der Waals surface area contributed by atoms with Crippen LogP contribution in [0.3, 0.4) is 0 Å². The van der Waals surface area contributed by atoms with Gasteiger partial charge in [-0.05, 0) is 31.5 Å². The molecule has 1 aromatic rings. The number of carbonyl (C=O) groups is 2. The van der Waals surface area contributed by atoms with Crippen LogP contribution in [-0.4, -0.2) is 30.1 Å². The fraction of sp³-hybridized carbons (Fsp3) is 0.385. The fourth-order valence-corrected chi connectivity index (χ4v) is 1.47. The Morgan fingerprint density at radius 3 is 2.67 bits per heavy atom. The zero-order valence-corrected chi connectivity index (χ0v) is 10.4. The van der Waals surface area contributed by atoms with E-state index in [4.69, 9.17) is 5.11 Å². The molecule has 0 unspecified atom stereocenters. The van der Waals surface area contributed by atoms with E-state index >= 15 is 0 Å². The number of carboxylic acids is 1. The van der Waals surface area contributed by atoms with E-state index in [1.165, 1.54) is 0 Å². The van der Waals surface area contributed by atoms with Gasteiger partial charge < -0.3 is 15.7 Å². The summed E-state index contributed by atoms with van der Waals surface area (Å²) in [7, 11) is 0. The van der Waals surface area contributed by atoms with Gasteiger partial charge in [0.25, 0.3) is 0 Å². The molecular weight excluding hydrogens is 232 g/mol. The van der Waals surface area contributed by atoms with E-state index < -0.39 is 5.97 Å². The van der Waals surface area contributed by atoms with Crippen molar-refractivity contribution in [1.82, 2.24) is 5.32 Å². The predicted octanol–water partition coefficient (Wildman–Crippen LogP) is 1.39. The molecule has 0 radical (unpaired) electrons. The van der Waals surface area contributed by atoms with E-state index in [9.17, 15) is 9.59 Å². The summed E-state index contributed by atoms with van der Waals surface area (Å²) >= 11 is 0.